The Morgan fingerprint density at radius 1 is 1.73 bits per heavy atom. The van der Waals surface area contributed by atoms with E-state index in [9.17, 15) is 4.79 Å². The number of ketones is 1. The lowest BCUT2D eigenvalue weighted by molar-refractivity contribution is 0.101. The highest BCUT2D eigenvalue weighted by molar-refractivity contribution is 7.13. The molecule has 0 aliphatic carbocycles. The molecule has 1 aromatic rings. The van der Waals surface area contributed by atoms with Gasteiger partial charge in [0.15, 0.2) is 10.9 Å². The van der Waals surface area contributed by atoms with Gasteiger partial charge in [0.05, 0.1) is 12.6 Å². The van der Waals surface area contributed by atoms with Crippen LogP contribution in [-0.4, -0.2) is 37.1 Å². The summed E-state index contributed by atoms with van der Waals surface area (Å²) >= 11 is 1.51. The minimum Gasteiger partial charge on any atom is -0.379 e. The van der Waals surface area contributed by atoms with Crippen molar-refractivity contribution in [3.63, 3.8) is 0 Å². The third-order valence-electron chi connectivity index (χ3n) is 2.61. The van der Waals surface area contributed by atoms with E-state index in [1.165, 1.54) is 18.3 Å². The van der Waals surface area contributed by atoms with Crippen molar-refractivity contribution in [2.45, 2.75) is 19.4 Å². The van der Waals surface area contributed by atoms with E-state index in [1.807, 2.05) is 12.4 Å². The molecule has 2 heterocycles. The van der Waals surface area contributed by atoms with Crippen LogP contribution in [0.4, 0.5) is 5.13 Å². The number of carbonyl (C=O) groups is 1. The number of nitrogens with zero attached hydrogens (tertiary/aromatic N) is 2. The molecule has 1 saturated heterocycles. The van der Waals surface area contributed by atoms with Gasteiger partial charge in [-0.3, -0.25) is 4.79 Å². The highest BCUT2D eigenvalue weighted by atomic mass is 32.1. The van der Waals surface area contributed by atoms with Crippen molar-refractivity contribution in [1.82, 2.24) is 4.98 Å². The summed E-state index contributed by atoms with van der Waals surface area (Å²) in [5.41, 5.74) is 0.556. The molecule has 0 N–H and O–H groups in total. The molecule has 1 fully saturated rings. The van der Waals surface area contributed by atoms with Gasteiger partial charge in [-0.25, -0.2) is 4.98 Å². The Morgan fingerprint density at radius 3 is 3.07 bits per heavy atom. The van der Waals surface area contributed by atoms with E-state index >= 15 is 0 Å². The van der Waals surface area contributed by atoms with Crippen molar-refractivity contribution in [3.8, 4) is 0 Å². The highest BCUT2D eigenvalue weighted by Crippen LogP contribution is 2.24. The average Bonchev–Trinajstić information content (AvgIpc) is 2.88. The molecule has 15 heavy (non-hydrogen) atoms. The fourth-order valence-corrected chi connectivity index (χ4v) is 2.47. The Hall–Kier alpha value is -0.940. The Labute approximate surface area is 92.9 Å². The molecule has 5 heteroatoms. The molecule has 0 bridgehead atoms. The van der Waals surface area contributed by atoms with Gasteiger partial charge >= 0.3 is 0 Å². The van der Waals surface area contributed by atoms with Crippen LogP contribution in [0.25, 0.3) is 0 Å². The van der Waals surface area contributed by atoms with Gasteiger partial charge in [0.2, 0.25) is 0 Å². The molecule has 1 atom stereocenters. The van der Waals surface area contributed by atoms with Crippen LogP contribution in [0.3, 0.4) is 0 Å². The molecule has 1 aromatic heterocycles. The lowest BCUT2D eigenvalue weighted by Crippen LogP contribution is -2.31. The average molecular weight is 226 g/mol. The van der Waals surface area contributed by atoms with Gasteiger partial charge in [0.25, 0.3) is 0 Å². The smallest absolute Gasteiger partial charge is 0.186 e. The summed E-state index contributed by atoms with van der Waals surface area (Å²) in [6.45, 7) is 3.11. The zero-order chi connectivity index (χ0) is 10.8. The number of carbonyl (C=O) groups excluding carboxylic acids is 1. The van der Waals surface area contributed by atoms with Gasteiger partial charge < -0.3 is 9.64 Å². The zero-order valence-corrected chi connectivity index (χ0v) is 9.71. The van der Waals surface area contributed by atoms with Crippen molar-refractivity contribution in [3.05, 3.63) is 11.1 Å². The minimum atomic E-state index is 0.0218. The van der Waals surface area contributed by atoms with Crippen molar-refractivity contribution in [2.24, 2.45) is 0 Å². The number of hydrogen-bond donors (Lipinski definition) is 0. The van der Waals surface area contributed by atoms with Crippen molar-refractivity contribution < 1.29 is 9.53 Å². The number of aromatic nitrogens is 1. The molecule has 0 radical (unpaired) electrons. The Kier molecular flexibility index (Phi) is 3.02. The molecular weight excluding hydrogens is 212 g/mol. The first-order chi connectivity index (χ1) is 7.18. The Morgan fingerprint density at radius 2 is 2.53 bits per heavy atom. The largest absolute Gasteiger partial charge is 0.379 e. The summed E-state index contributed by atoms with van der Waals surface area (Å²) in [6, 6.07) is 0.399. The molecule has 0 saturated carbocycles. The van der Waals surface area contributed by atoms with E-state index < -0.39 is 0 Å². The molecular formula is C10H14N2O2S. The second kappa shape index (κ2) is 4.28. The van der Waals surface area contributed by atoms with Crippen LogP contribution in [-0.2, 0) is 4.74 Å². The summed E-state index contributed by atoms with van der Waals surface area (Å²) in [7, 11) is 2.00. The first-order valence-electron chi connectivity index (χ1n) is 4.95. The Bertz CT molecular complexity index is 358. The fourth-order valence-electron chi connectivity index (χ4n) is 1.57. The number of Topliss-reactive ketones (excluding diaryl/α,β-unsaturated/α-hetero) is 1. The maximum atomic E-state index is 11.1. The molecule has 4 nitrogen and oxygen atoms in total. The molecule has 82 valence electrons. The van der Waals surface area contributed by atoms with Gasteiger partial charge in [0, 0.05) is 26.0 Å². The summed E-state index contributed by atoms with van der Waals surface area (Å²) in [5.74, 6) is 0.0218. The number of likely N-dealkylation sites (N-methyl/N-ethyl adjacent to an activating group) is 1. The maximum absolute atomic E-state index is 11.1. The van der Waals surface area contributed by atoms with E-state index in [4.69, 9.17) is 4.74 Å². The minimum absolute atomic E-state index is 0.0218. The van der Waals surface area contributed by atoms with Crippen LogP contribution in [0.5, 0.6) is 0 Å². The Balaban J connectivity index is 2.10. The van der Waals surface area contributed by atoms with Gasteiger partial charge in [0.1, 0.15) is 5.69 Å². The monoisotopic (exact) mass is 226 g/mol. The lowest BCUT2D eigenvalue weighted by atomic mass is 10.2. The summed E-state index contributed by atoms with van der Waals surface area (Å²) in [5, 5.41) is 2.71. The SMILES string of the molecule is CC(=O)c1csc(N(C)C2CCOC2)n1. The van der Waals surface area contributed by atoms with Crippen LogP contribution in [0.1, 0.15) is 23.8 Å². The number of ether oxygens (including phenoxy) is 1. The van der Waals surface area contributed by atoms with Crippen LogP contribution in [0, 0.1) is 0 Å². The predicted molar refractivity (Wildman–Crippen MR) is 59.7 cm³/mol. The zero-order valence-electron chi connectivity index (χ0n) is 8.90. The third-order valence-corrected chi connectivity index (χ3v) is 3.54. The van der Waals surface area contributed by atoms with Crippen molar-refractivity contribution in [2.75, 3.05) is 25.2 Å². The quantitative estimate of drug-likeness (QED) is 0.734. The molecule has 0 amide bonds. The normalized spacial score (nSPS) is 20.5. The maximum Gasteiger partial charge on any atom is 0.186 e. The van der Waals surface area contributed by atoms with Crippen molar-refractivity contribution >= 4 is 22.3 Å². The predicted octanol–water partition coefficient (Wildman–Crippen LogP) is 1.57. The van der Waals surface area contributed by atoms with E-state index in [1.54, 1.807) is 0 Å². The molecule has 0 aromatic carbocycles. The van der Waals surface area contributed by atoms with E-state index in [0.29, 0.717) is 11.7 Å². The van der Waals surface area contributed by atoms with Gasteiger partial charge in [-0.1, -0.05) is 0 Å². The third kappa shape index (κ3) is 2.18. The molecule has 2 rings (SSSR count). The first-order valence-corrected chi connectivity index (χ1v) is 5.83. The summed E-state index contributed by atoms with van der Waals surface area (Å²) in [4.78, 5) is 17.5. The standard InChI is InChI=1S/C10H14N2O2S/c1-7(13)9-6-15-10(11-9)12(2)8-3-4-14-5-8/h6,8H,3-5H2,1-2H3. The number of anilines is 1. The lowest BCUT2D eigenvalue weighted by Gasteiger charge is -2.21. The van der Waals surface area contributed by atoms with Crippen LogP contribution < -0.4 is 4.90 Å². The van der Waals surface area contributed by atoms with E-state index in [0.717, 1.165) is 24.8 Å². The topological polar surface area (TPSA) is 42.4 Å². The number of thiazole rings is 1. The highest BCUT2D eigenvalue weighted by Gasteiger charge is 2.22. The summed E-state index contributed by atoms with van der Waals surface area (Å²) in [6.07, 6.45) is 1.03. The molecule has 1 aliphatic heterocycles. The van der Waals surface area contributed by atoms with Crippen molar-refractivity contribution in [1.29, 1.82) is 0 Å². The van der Waals surface area contributed by atoms with E-state index in [-0.39, 0.29) is 5.78 Å². The van der Waals surface area contributed by atoms with Crippen LogP contribution in [0.2, 0.25) is 0 Å². The molecule has 0 spiro atoms. The first kappa shape index (κ1) is 10.6. The van der Waals surface area contributed by atoms with Crippen LogP contribution in [0.15, 0.2) is 5.38 Å². The number of rotatable bonds is 3. The second-order valence-corrected chi connectivity index (χ2v) is 4.54. The van der Waals surface area contributed by atoms with E-state index in [2.05, 4.69) is 9.88 Å². The number of hydrogen-bond acceptors (Lipinski definition) is 5. The van der Waals surface area contributed by atoms with Crippen LogP contribution >= 0.6 is 11.3 Å². The second-order valence-electron chi connectivity index (χ2n) is 3.70. The van der Waals surface area contributed by atoms with Gasteiger partial charge in [-0.05, 0) is 6.42 Å². The molecule has 1 unspecified atom stereocenters. The van der Waals surface area contributed by atoms with Gasteiger partial charge in [-0.2, -0.15) is 0 Å². The molecule has 1 aliphatic rings. The van der Waals surface area contributed by atoms with Gasteiger partial charge in [-0.15, -0.1) is 11.3 Å². The summed E-state index contributed by atoms with van der Waals surface area (Å²) < 4.78 is 5.32. The fraction of sp³-hybridized carbons (Fsp3) is 0.600.